The Morgan fingerprint density at radius 2 is 2.00 bits per heavy atom. The highest BCUT2D eigenvalue weighted by Crippen LogP contribution is 2.29. The van der Waals surface area contributed by atoms with Crippen LogP contribution in [0.1, 0.15) is 12.0 Å². The number of halogens is 3. The summed E-state index contributed by atoms with van der Waals surface area (Å²) in [5.74, 6) is -0.526. The minimum atomic E-state index is -4.19. The molecule has 0 aliphatic carbocycles. The molecule has 0 saturated carbocycles. The molecule has 9 heteroatoms. The van der Waals surface area contributed by atoms with Crippen LogP contribution in [0.3, 0.4) is 0 Å². The molecule has 0 aromatic carbocycles. The number of nitrogens with two attached hydrogens (primary N) is 2. The first-order valence-corrected chi connectivity index (χ1v) is 5.42. The average molecular weight is 258 g/mol. The fraction of sp³-hybridized carbons (Fsp3) is 0.167. The molecular weight excluding hydrogens is 252 g/mol. The lowest BCUT2D eigenvalue weighted by Crippen LogP contribution is -2.14. The van der Waals surface area contributed by atoms with Gasteiger partial charge < -0.3 is 5.73 Å². The lowest BCUT2D eigenvalue weighted by atomic mass is 10.3. The topological polar surface area (TPSA) is 99.1 Å². The Hall–Kier alpha value is -0.990. The number of rotatable bonds is 2. The first kappa shape index (κ1) is 12.1. The van der Waals surface area contributed by atoms with Gasteiger partial charge in [-0.05, 0) is 6.07 Å². The number of hydrogen-bond donors (Lipinski definition) is 2. The largest absolute Gasteiger partial charge is 0.383 e. The molecule has 0 amide bonds. The number of sulfonamides is 1. The van der Waals surface area contributed by atoms with Crippen molar-refractivity contribution in [1.82, 2.24) is 4.98 Å². The van der Waals surface area contributed by atoms with E-state index in [9.17, 15) is 17.2 Å². The van der Waals surface area contributed by atoms with Crippen molar-refractivity contribution in [2.24, 2.45) is 5.14 Å². The molecule has 0 spiro atoms. The van der Waals surface area contributed by atoms with Crippen molar-refractivity contribution >= 4 is 27.4 Å². The first-order valence-electron chi connectivity index (χ1n) is 3.50. The smallest absolute Gasteiger partial charge is 0.267 e. The molecule has 15 heavy (non-hydrogen) atoms. The van der Waals surface area contributed by atoms with E-state index in [1.807, 2.05) is 0 Å². The number of anilines is 1. The van der Waals surface area contributed by atoms with Crippen LogP contribution in [0.5, 0.6) is 0 Å². The summed E-state index contributed by atoms with van der Waals surface area (Å²) in [6.45, 7) is 0. The van der Waals surface area contributed by atoms with Gasteiger partial charge in [0.15, 0.2) is 5.15 Å². The summed E-state index contributed by atoms with van der Waals surface area (Å²) in [6.07, 6.45) is -2.95. The first-order chi connectivity index (χ1) is 6.73. The summed E-state index contributed by atoms with van der Waals surface area (Å²) in [5, 5.41) is 4.21. The van der Waals surface area contributed by atoms with Gasteiger partial charge >= 0.3 is 0 Å². The van der Waals surface area contributed by atoms with Gasteiger partial charge in [-0.2, -0.15) is 0 Å². The molecule has 1 rings (SSSR count). The van der Waals surface area contributed by atoms with E-state index in [0.29, 0.717) is 6.07 Å². The van der Waals surface area contributed by atoms with Gasteiger partial charge in [0.2, 0.25) is 10.0 Å². The monoisotopic (exact) mass is 257 g/mol. The second kappa shape index (κ2) is 3.87. The van der Waals surface area contributed by atoms with Crippen LogP contribution in [0.4, 0.5) is 14.6 Å². The van der Waals surface area contributed by atoms with Gasteiger partial charge in [0.05, 0.1) is 5.56 Å². The van der Waals surface area contributed by atoms with Crippen LogP contribution in [-0.4, -0.2) is 13.4 Å². The minimum absolute atomic E-state index is 0.526. The summed E-state index contributed by atoms with van der Waals surface area (Å²) >= 11 is 5.40. The van der Waals surface area contributed by atoms with Crippen LogP contribution in [0.25, 0.3) is 0 Å². The Bertz CT molecular complexity index is 491. The maximum atomic E-state index is 12.3. The normalized spacial score (nSPS) is 12.1. The molecule has 84 valence electrons. The second-order valence-corrected chi connectivity index (χ2v) is 4.49. The molecule has 0 bridgehead atoms. The highest BCUT2D eigenvalue weighted by molar-refractivity contribution is 7.89. The van der Waals surface area contributed by atoms with Gasteiger partial charge in [0.25, 0.3) is 6.43 Å². The van der Waals surface area contributed by atoms with Gasteiger partial charge in [-0.25, -0.2) is 27.3 Å². The zero-order valence-corrected chi connectivity index (χ0v) is 8.69. The van der Waals surface area contributed by atoms with Crippen LogP contribution in [-0.2, 0) is 10.0 Å². The predicted molar refractivity (Wildman–Crippen MR) is 50.0 cm³/mol. The molecule has 0 saturated heterocycles. The molecule has 4 N–H and O–H groups in total. The second-order valence-electron chi connectivity index (χ2n) is 2.60. The third kappa shape index (κ3) is 2.52. The Kier molecular flexibility index (Phi) is 3.12. The fourth-order valence-corrected chi connectivity index (χ4v) is 1.91. The van der Waals surface area contributed by atoms with Crippen molar-refractivity contribution in [2.45, 2.75) is 11.3 Å². The van der Waals surface area contributed by atoms with Crippen LogP contribution in [0.15, 0.2) is 11.0 Å². The van der Waals surface area contributed by atoms with Gasteiger partial charge in [-0.15, -0.1) is 0 Å². The third-order valence-corrected chi connectivity index (χ3v) is 2.87. The zero-order chi connectivity index (χ0) is 11.8. The highest BCUT2D eigenvalue weighted by Gasteiger charge is 2.21. The SMILES string of the molecule is Nc1nc(Cl)c(S(N)(=O)=O)cc1C(F)F. The number of primary sulfonamides is 1. The van der Waals surface area contributed by atoms with Crippen LogP contribution < -0.4 is 10.9 Å². The van der Waals surface area contributed by atoms with Crippen molar-refractivity contribution in [3.63, 3.8) is 0 Å². The highest BCUT2D eigenvalue weighted by atomic mass is 35.5. The van der Waals surface area contributed by atoms with Crippen LogP contribution in [0.2, 0.25) is 5.15 Å². The number of alkyl halides is 2. The standard InChI is InChI=1S/C6H6ClF2N3O2S/c7-4-3(15(11,13)14)1-2(5(8)9)6(10)12-4/h1,5H,(H2,10,12)(H2,11,13,14). The summed E-state index contributed by atoms with van der Waals surface area (Å²) in [4.78, 5) is 2.59. The van der Waals surface area contributed by atoms with E-state index < -0.39 is 37.9 Å². The molecule has 5 nitrogen and oxygen atoms in total. The quantitative estimate of drug-likeness (QED) is 0.769. The van der Waals surface area contributed by atoms with Gasteiger partial charge in [-0.1, -0.05) is 11.6 Å². The van der Waals surface area contributed by atoms with Crippen LogP contribution >= 0.6 is 11.6 Å². The molecule has 0 unspecified atom stereocenters. The van der Waals surface area contributed by atoms with Gasteiger partial charge in [0, 0.05) is 0 Å². The Balaban J connectivity index is 3.50. The number of nitrogen functional groups attached to an aromatic ring is 1. The average Bonchev–Trinajstić information content (AvgIpc) is 2.00. The van der Waals surface area contributed by atoms with E-state index in [2.05, 4.69) is 4.98 Å². The zero-order valence-electron chi connectivity index (χ0n) is 7.12. The summed E-state index contributed by atoms with van der Waals surface area (Å²) < 4.78 is 46.5. The van der Waals surface area contributed by atoms with Crippen molar-refractivity contribution in [3.8, 4) is 0 Å². The summed E-state index contributed by atoms with van der Waals surface area (Å²) in [5.41, 5.74) is 4.40. The summed E-state index contributed by atoms with van der Waals surface area (Å²) in [7, 11) is -4.19. The molecule has 1 aromatic heterocycles. The lowest BCUT2D eigenvalue weighted by Gasteiger charge is -2.07. The number of nitrogens with zero attached hydrogens (tertiary/aromatic N) is 1. The molecule has 0 radical (unpaired) electrons. The lowest BCUT2D eigenvalue weighted by molar-refractivity contribution is 0.151. The fourth-order valence-electron chi connectivity index (χ4n) is 0.874. The van der Waals surface area contributed by atoms with E-state index in [1.54, 1.807) is 0 Å². The number of hydrogen-bond acceptors (Lipinski definition) is 4. The van der Waals surface area contributed by atoms with Crippen molar-refractivity contribution in [1.29, 1.82) is 0 Å². The maximum Gasteiger partial charge on any atom is 0.267 e. The van der Waals surface area contributed by atoms with Crippen molar-refractivity contribution in [2.75, 3.05) is 5.73 Å². The Morgan fingerprint density at radius 3 is 2.40 bits per heavy atom. The van der Waals surface area contributed by atoms with E-state index in [4.69, 9.17) is 22.5 Å². The Morgan fingerprint density at radius 1 is 1.47 bits per heavy atom. The van der Waals surface area contributed by atoms with Crippen LogP contribution in [0, 0.1) is 0 Å². The van der Waals surface area contributed by atoms with E-state index in [0.717, 1.165) is 0 Å². The van der Waals surface area contributed by atoms with E-state index in [-0.39, 0.29) is 0 Å². The molecule has 0 fully saturated rings. The predicted octanol–water partition coefficient (Wildman–Crippen LogP) is 0.902. The maximum absolute atomic E-state index is 12.3. The minimum Gasteiger partial charge on any atom is -0.383 e. The third-order valence-electron chi connectivity index (χ3n) is 1.55. The number of pyridine rings is 1. The number of aromatic nitrogens is 1. The van der Waals surface area contributed by atoms with E-state index in [1.165, 1.54) is 0 Å². The van der Waals surface area contributed by atoms with Gasteiger partial charge in [-0.3, -0.25) is 0 Å². The molecular formula is C6H6ClF2N3O2S. The molecule has 0 aliphatic rings. The van der Waals surface area contributed by atoms with E-state index >= 15 is 0 Å². The molecule has 0 atom stereocenters. The Labute approximate surface area is 89.1 Å². The van der Waals surface area contributed by atoms with Gasteiger partial charge in [0.1, 0.15) is 10.7 Å². The van der Waals surface area contributed by atoms with Crippen molar-refractivity contribution < 1.29 is 17.2 Å². The molecule has 1 aromatic rings. The molecule has 1 heterocycles. The summed E-state index contributed by atoms with van der Waals surface area (Å²) in [6, 6.07) is 0.616. The van der Waals surface area contributed by atoms with Crippen molar-refractivity contribution in [3.05, 3.63) is 16.8 Å². The molecule has 0 aliphatic heterocycles.